The van der Waals surface area contributed by atoms with Gasteiger partial charge in [-0.25, -0.2) is 0 Å². The van der Waals surface area contributed by atoms with Gasteiger partial charge in [-0.2, -0.15) is 0 Å². The number of anilines is 1. The van der Waals surface area contributed by atoms with Gasteiger partial charge in [0.15, 0.2) is 0 Å². The molecule has 0 spiro atoms. The molecule has 2 N–H and O–H groups in total. The predicted octanol–water partition coefficient (Wildman–Crippen LogP) is 2.20. The fourth-order valence-corrected chi connectivity index (χ4v) is 2.39. The van der Waals surface area contributed by atoms with Crippen LogP contribution in [0.25, 0.3) is 0 Å². The molecule has 6 heteroatoms. The van der Waals surface area contributed by atoms with Gasteiger partial charge in [-0.05, 0) is 36.4 Å². The Morgan fingerprint density at radius 2 is 1.50 bits per heavy atom. The van der Waals surface area contributed by atoms with E-state index in [2.05, 4.69) is 23.3 Å². The molecule has 0 aromatic heterocycles. The number of carbonyl (C=O) groups is 2. The Morgan fingerprint density at radius 3 is 2.08 bits per heavy atom. The molecule has 0 bridgehead atoms. The maximum Gasteiger partial charge on any atom is 0.252 e. The Bertz CT molecular complexity index is 714. The van der Waals surface area contributed by atoms with Crippen molar-refractivity contribution in [3.63, 3.8) is 0 Å². The summed E-state index contributed by atoms with van der Waals surface area (Å²) >= 11 is 4.25. The molecule has 5 nitrogen and oxygen atoms in total. The molecule has 2 aromatic carbocycles. The summed E-state index contributed by atoms with van der Waals surface area (Å²) in [6, 6.07) is 14.4. The van der Waals surface area contributed by atoms with E-state index < -0.39 is 0 Å². The Morgan fingerprint density at radius 1 is 0.917 bits per heavy atom. The lowest BCUT2D eigenvalue weighted by Crippen LogP contribution is -2.34. The van der Waals surface area contributed by atoms with E-state index in [0.717, 1.165) is 5.69 Å². The molecule has 0 saturated heterocycles. The smallest absolute Gasteiger partial charge is 0.252 e. The number of thiol groups is 1. The minimum absolute atomic E-state index is 0.163. The van der Waals surface area contributed by atoms with Gasteiger partial charge in [-0.3, -0.25) is 9.59 Å². The fourth-order valence-electron chi connectivity index (χ4n) is 2.13. The molecule has 126 valence electrons. The van der Waals surface area contributed by atoms with Crippen LogP contribution in [0.1, 0.15) is 20.7 Å². The SMILES string of the molecule is CN(C)c1ccc(C(=O)NCCNC(=O)c2ccccc2S)cc1. The number of hydrogen-bond donors (Lipinski definition) is 3. The van der Waals surface area contributed by atoms with Crippen LogP contribution in [-0.2, 0) is 0 Å². The van der Waals surface area contributed by atoms with Gasteiger partial charge in [0.25, 0.3) is 11.8 Å². The number of carbonyl (C=O) groups excluding carboxylic acids is 2. The maximum atomic E-state index is 12.0. The van der Waals surface area contributed by atoms with Crippen LogP contribution in [0, 0.1) is 0 Å². The van der Waals surface area contributed by atoms with Crippen molar-refractivity contribution in [1.29, 1.82) is 0 Å². The molecule has 2 rings (SSSR count). The lowest BCUT2D eigenvalue weighted by molar-refractivity contribution is 0.0926. The fraction of sp³-hybridized carbons (Fsp3) is 0.222. The van der Waals surface area contributed by atoms with Crippen molar-refractivity contribution >= 4 is 30.1 Å². The van der Waals surface area contributed by atoms with E-state index in [1.807, 2.05) is 37.2 Å². The molecule has 0 heterocycles. The Labute approximate surface area is 147 Å². The third-order valence-corrected chi connectivity index (χ3v) is 3.88. The van der Waals surface area contributed by atoms with Crippen molar-refractivity contribution in [2.24, 2.45) is 0 Å². The number of nitrogens with one attached hydrogen (secondary N) is 2. The van der Waals surface area contributed by atoms with Gasteiger partial charge in [0.2, 0.25) is 0 Å². The summed E-state index contributed by atoms with van der Waals surface area (Å²) in [6.45, 7) is 0.706. The third kappa shape index (κ3) is 4.76. The standard InChI is InChI=1S/C18H21N3O2S/c1-21(2)14-9-7-13(8-10-14)17(22)19-11-12-20-18(23)15-5-3-4-6-16(15)24/h3-10,24H,11-12H2,1-2H3,(H,19,22)(H,20,23). The van der Waals surface area contributed by atoms with Gasteiger partial charge in [0, 0.05) is 43.3 Å². The number of nitrogens with zero attached hydrogens (tertiary/aromatic N) is 1. The van der Waals surface area contributed by atoms with Crippen LogP contribution in [0.3, 0.4) is 0 Å². The summed E-state index contributed by atoms with van der Waals surface area (Å²) in [6.07, 6.45) is 0. The van der Waals surface area contributed by atoms with Crippen molar-refractivity contribution in [1.82, 2.24) is 10.6 Å². The molecular weight excluding hydrogens is 322 g/mol. The highest BCUT2D eigenvalue weighted by Crippen LogP contribution is 2.13. The Balaban J connectivity index is 1.78. The zero-order valence-electron chi connectivity index (χ0n) is 13.7. The Hall–Kier alpha value is -2.47. The summed E-state index contributed by atoms with van der Waals surface area (Å²) in [5.74, 6) is -0.366. The molecule has 0 aliphatic rings. The van der Waals surface area contributed by atoms with Crippen molar-refractivity contribution < 1.29 is 9.59 Å². The maximum absolute atomic E-state index is 12.0. The first-order chi connectivity index (χ1) is 11.5. The minimum Gasteiger partial charge on any atom is -0.378 e. The summed E-state index contributed by atoms with van der Waals surface area (Å²) in [7, 11) is 3.89. The third-order valence-electron chi connectivity index (χ3n) is 3.49. The first kappa shape index (κ1) is 17.9. The van der Waals surface area contributed by atoms with Gasteiger partial charge < -0.3 is 15.5 Å². The monoisotopic (exact) mass is 343 g/mol. The molecule has 0 radical (unpaired) electrons. The largest absolute Gasteiger partial charge is 0.378 e. The molecule has 0 unspecified atom stereocenters. The predicted molar refractivity (Wildman–Crippen MR) is 99.1 cm³/mol. The summed E-state index contributed by atoms with van der Waals surface area (Å²) in [4.78, 5) is 26.6. The molecule has 0 fully saturated rings. The van der Waals surface area contributed by atoms with Crippen LogP contribution >= 0.6 is 12.6 Å². The van der Waals surface area contributed by atoms with E-state index in [1.165, 1.54) is 0 Å². The quantitative estimate of drug-likeness (QED) is 0.557. The van der Waals surface area contributed by atoms with Crippen molar-refractivity contribution in [3.8, 4) is 0 Å². The van der Waals surface area contributed by atoms with Gasteiger partial charge in [-0.15, -0.1) is 12.6 Å². The highest BCUT2D eigenvalue weighted by Gasteiger charge is 2.09. The summed E-state index contributed by atoms with van der Waals surface area (Å²) < 4.78 is 0. The average molecular weight is 343 g/mol. The van der Waals surface area contributed by atoms with E-state index in [1.54, 1.807) is 30.3 Å². The van der Waals surface area contributed by atoms with E-state index in [4.69, 9.17) is 0 Å². The molecule has 0 aliphatic heterocycles. The van der Waals surface area contributed by atoms with Crippen molar-refractivity contribution in [2.45, 2.75) is 4.90 Å². The first-order valence-corrected chi connectivity index (χ1v) is 8.05. The van der Waals surface area contributed by atoms with Crippen LogP contribution in [0.4, 0.5) is 5.69 Å². The summed E-state index contributed by atoms with van der Waals surface area (Å²) in [5, 5.41) is 5.54. The van der Waals surface area contributed by atoms with Crippen LogP contribution < -0.4 is 15.5 Å². The second-order valence-electron chi connectivity index (χ2n) is 5.47. The van der Waals surface area contributed by atoms with Crippen molar-refractivity contribution in [2.75, 3.05) is 32.1 Å². The Kier molecular flexibility index (Phi) is 6.26. The number of benzene rings is 2. The van der Waals surface area contributed by atoms with Gasteiger partial charge in [-0.1, -0.05) is 12.1 Å². The van der Waals surface area contributed by atoms with E-state index >= 15 is 0 Å². The molecule has 24 heavy (non-hydrogen) atoms. The van der Waals surface area contributed by atoms with E-state index in [-0.39, 0.29) is 11.8 Å². The van der Waals surface area contributed by atoms with Crippen LogP contribution in [0.2, 0.25) is 0 Å². The highest BCUT2D eigenvalue weighted by molar-refractivity contribution is 7.80. The highest BCUT2D eigenvalue weighted by atomic mass is 32.1. The second kappa shape index (κ2) is 8.40. The van der Waals surface area contributed by atoms with E-state index in [9.17, 15) is 9.59 Å². The van der Waals surface area contributed by atoms with Crippen LogP contribution in [0.15, 0.2) is 53.4 Å². The van der Waals surface area contributed by atoms with Crippen molar-refractivity contribution in [3.05, 3.63) is 59.7 Å². The molecule has 0 saturated carbocycles. The first-order valence-electron chi connectivity index (χ1n) is 7.61. The van der Waals surface area contributed by atoms with Crippen LogP contribution in [0.5, 0.6) is 0 Å². The molecule has 2 amide bonds. The topological polar surface area (TPSA) is 61.4 Å². The molecule has 0 atom stereocenters. The zero-order valence-corrected chi connectivity index (χ0v) is 14.6. The normalized spacial score (nSPS) is 10.1. The zero-order chi connectivity index (χ0) is 17.5. The second-order valence-corrected chi connectivity index (χ2v) is 5.95. The average Bonchev–Trinajstić information content (AvgIpc) is 2.58. The van der Waals surface area contributed by atoms with E-state index in [0.29, 0.717) is 29.1 Å². The van der Waals surface area contributed by atoms with Crippen LogP contribution in [-0.4, -0.2) is 39.0 Å². The molecule has 0 aliphatic carbocycles. The van der Waals surface area contributed by atoms with Gasteiger partial charge in [0.05, 0.1) is 5.56 Å². The van der Waals surface area contributed by atoms with Gasteiger partial charge in [0.1, 0.15) is 0 Å². The summed E-state index contributed by atoms with van der Waals surface area (Å²) in [5.41, 5.74) is 2.14. The number of rotatable bonds is 6. The lowest BCUT2D eigenvalue weighted by atomic mass is 10.2. The lowest BCUT2D eigenvalue weighted by Gasteiger charge is -2.12. The number of amides is 2. The minimum atomic E-state index is -0.204. The van der Waals surface area contributed by atoms with Gasteiger partial charge >= 0.3 is 0 Å². The molecule has 2 aromatic rings. The number of hydrogen-bond acceptors (Lipinski definition) is 4. The molecular formula is C18H21N3O2S.